The van der Waals surface area contributed by atoms with E-state index in [0.717, 1.165) is 0 Å². The lowest BCUT2D eigenvalue weighted by molar-refractivity contribution is 1.76. The average molecular weight is 204 g/mol. The first-order valence-electron chi connectivity index (χ1n) is 1.13. The van der Waals surface area contributed by atoms with Gasteiger partial charge in [0.2, 0.25) is 0 Å². The van der Waals surface area contributed by atoms with E-state index in [1.165, 1.54) is 6.38 Å². The van der Waals surface area contributed by atoms with Crippen molar-refractivity contribution in [1.82, 2.24) is 0 Å². The van der Waals surface area contributed by atoms with Crippen LogP contribution in [0.25, 0.3) is 0 Å². The van der Waals surface area contributed by atoms with E-state index in [0.29, 0.717) is 0 Å². The van der Waals surface area contributed by atoms with Gasteiger partial charge in [-0.05, 0) is 0 Å². The van der Waals surface area contributed by atoms with Crippen LogP contribution in [0.3, 0.4) is 0 Å². The summed E-state index contributed by atoms with van der Waals surface area (Å²) in [6, 6.07) is 0. The fourth-order valence-corrected chi connectivity index (χ4v) is 0. The lowest BCUT2D eigenvalue weighted by atomic mass is 11.8. The van der Waals surface area contributed by atoms with Crippen LogP contribution in [0.15, 0.2) is 0 Å². The predicted octanol–water partition coefficient (Wildman–Crippen LogP) is 3.41. The van der Waals surface area contributed by atoms with Crippen molar-refractivity contribution in [1.29, 1.82) is 0 Å². The highest BCUT2D eigenvalue weighted by Gasteiger charge is 2.11. The second kappa shape index (κ2) is 5.58. The molecule has 0 aromatic carbocycles. The Bertz CT molecular complexity index is 21.6. The molecule has 0 saturated heterocycles. The highest BCUT2D eigenvalue weighted by atomic mass is 35.6. The van der Waals surface area contributed by atoms with Gasteiger partial charge in [-0.2, -0.15) is 0 Å². The lowest BCUT2D eigenvalue weighted by Crippen LogP contribution is -1.81. The standard InChI is InChI=1S/CCl4.CH3Cl/c2-1(3,4)5;1-2/h;1H3. The minimum absolute atomic E-state index is 1.47. The van der Waals surface area contributed by atoms with Crippen molar-refractivity contribution in [3.8, 4) is 0 Å². The zero-order valence-electron chi connectivity index (χ0n) is 3.39. The van der Waals surface area contributed by atoms with Crippen molar-refractivity contribution in [2.24, 2.45) is 0 Å². The van der Waals surface area contributed by atoms with Gasteiger partial charge in [-0.1, -0.05) is 46.4 Å². The van der Waals surface area contributed by atoms with E-state index in [9.17, 15) is 0 Å². The molecule has 0 rings (SSSR count). The van der Waals surface area contributed by atoms with Gasteiger partial charge in [-0.25, -0.2) is 0 Å². The Morgan fingerprint density at radius 1 is 0.857 bits per heavy atom. The Balaban J connectivity index is 0. The molecule has 0 aliphatic carbocycles. The lowest BCUT2D eigenvalue weighted by Gasteiger charge is -1.91. The summed E-state index contributed by atoms with van der Waals surface area (Å²) in [5.41, 5.74) is 0. The summed E-state index contributed by atoms with van der Waals surface area (Å²) in [5.74, 6) is 0. The van der Waals surface area contributed by atoms with Crippen LogP contribution < -0.4 is 0 Å². The summed E-state index contributed by atoms with van der Waals surface area (Å²) in [4.78, 5) is 0. The van der Waals surface area contributed by atoms with Gasteiger partial charge >= 0.3 is 0 Å². The maximum Gasteiger partial charge on any atom is 0.266 e. The average Bonchev–Trinajstić information content (AvgIpc) is 1.36. The van der Waals surface area contributed by atoms with E-state index in [4.69, 9.17) is 46.4 Å². The van der Waals surface area contributed by atoms with Crippen LogP contribution in [0.4, 0.5) is 0 Å². The van der Waals surface area contributed by atoms with E-state index in [1.807, 2.05) is 0 Å². The molecular weight excluding hydrogens is 201 g/mol. The molecule has 0 heterocycles. The fourth-order valence-electron chi connectivity index (χ4n) is 0. The van der Waals surface area contributed by atoms with Crippen molar-refractivity contribution in [3.63, 3.8) is 0 Å². The van der Waals surface area contributed by atoms with Gasteiger partial charge in [0.1, 0.15) is 0 Å². The molecule has 0 aliphatic heterocycles. The molecule has 0 aromatic rings. The molecular formula is C2H3Cl5. The summed E-state index contributed by atoms with van der Waals surface area (Å²) in [7, 11) is 0. The Kier molecular flexibility index (Phi) is 8.99. The van der Waals surface area contributed by atoms with Crippen LogP contribution in [0.1, 0.15) is 0 Å². The largest absolute Gasteiger partial charge is 0.266 e. The van der Waals surface area contributed by atoms with Crippen LogP contribution in [0, 0.1) is 0 Å². The normalized spacial score (nSPS) is 9.43. The van der Waals surface area contributed by atoms with Gasteiger partial charge in [-0.15, -0.1) is 11.6 Å². The van der Waals surface area contributed by atoms with Crippen molar-refractivity contribution < 1.29 is 0 Å². The Morgan fingerprint density at radius 3 is 0.857 bits per heavy atom. The molecule has 46 valence electrons. The first-order chi connectivity index (χ1) is 3.00. The van der Waals surface area contributed by atoms with E-state index >= 15 is 0 Å². The van der Waals surface area contributed by atoms with Crippen molar-refractivity contribution in [3.05, 3.63) is 0 Å². The minimum Gasteiger partial charge on any atom is -0.130 e. The second-order valence-corrected chi connectivity index (χ2v) is 3.86. The molecule has 0 unspecified atom stereocenters. The molecule has 0 radical (unpaired) electrons. The van der Waals surface area contributed by atoms with E-state index in [-0.39, 0.29) is 0 Å². The minimum atomic E-state index is -1.61. The summed E-state index contributed by atoms with van der Waals surface area (Å²) >= 11 is 23.9. The van der Waals surface area contributed by atoms with E-state index < -0.39 is 3.25 Å². The third-order valence-corrected chi connectivity index (χ3v) is 0. The Labute approximate surface area is 67.6 Å². The molecule has 0 N–H and O–H groups in total. The van der Waals surface area contributed by atoms with Gasteiger partial charge in [-0.3, -0.25) is 0 Å². The SMILES string of the molecule is CCl.ClC(Cl)(Cl)Cl. The van der Waals surface area contributed by atoms with Crippen molar-refractivity contribution in [2.45, 2.75) is 3.25 Å². The van der Waals surface area contributed by atoms with Gasteiger partial charge in [0.15, 0.2) is 0 Å². The van der Waals surface area contributed by atoms with Crippen LogP contribution in [-0.4, -0.2) is 9.63 Å². The molecule has 0 aliphatic rings. The van der Waals surface area contributed by atoms with E-state index in [2.05, 4.69) is 11.6 Å². The van der Waals surface area contributed by atoms with Crippen molar-refractivity contribution in [2.75, 3.05) is 6.38 Å². The maximum atomic E-state index is 4.83. The Morgan fingerprint density at radius 2 is 0.857 bits per heavy atom. The fraction of sp³-hybridized carbons (Fsp3) is 1.00. The highest BCUT2D eigenvalue weighted by Crippen LogP contribution is 2.29. The summed E-state index contributed by atoms with van der Waals surface area (Å²) in [6.07, 6.45) is 1.47. The molecule has 0 atom stereocenters. The Hall–Kier alpha value is 1.45. The summed E-state index contributed by atoms with van der Waals surface area (Å²) in [6.45, 7) is 0. The summed E-state index contributed by atoms with van der Waals surface area (Å²) < 4.78 is -1.61. The van der Waals surface area contributed by atoms with Gasteiger partial charge in [0.25, 0.3) is 3.25 Å². The van der Waals surface area contributed by atoms with Crippen LogP contribution in [-0.2, 0) is 0 Å². The topological polar surface area (TPSA) is 0 Å². The molecule has 0 amide bonds. The number of halogens is 5. The van der Waals surface area contributed by atoms with Crippen LogP contribution in [0.5, 0.6) is 0 Å². The maximum absolute atomic E-state index is 4.83. The number of hydrogen-bond donors (Lipinski definition) is 0. The predicted molar refractivity (Wildman–Crippen MR) is 37.9 cm³/mol. The van der Waals surface area contributed by atoms with Crippen LogP contribution >= 0.6 is 58.0 Å². The quantitative estimate of drug-likeness (QED) is 0.530. The zero-order chi connectivity index (χ0) is 6.50. The van der Waals surface area contributed by atoms with Gasteiger partial charge in [0.05, 0.1) is 0 Å². The van der Waals surface area contributed by atoms with Gasteiger partial charge < -0.3 is 0 Å². The first-order valence-corrected chi connectivity index (χ1v) is 3.40. The van der Waals surface area contributed by atoms with E-state index in [1.54, 1.807) is 0 Å². The third-order valence-electron chi connectivity index (χ3n) is 0. The number of alkyl halides is 5. The molecule has 0 fully saturated rings. The second-order valence-electron chi connectivity index (χ2n) is 0.429. The molecule has 0 saturated carbocycles. The van der Waals surface area contributed by atoms with Gasteiger partial charge in [0, 0.05) is 6.38 Å². The highest BCUT2D eigenvalue weighted by molar-refractivity contribution is 6.83. The molecule has 0 aromatic heterocycles. The monoisotopic (exact) mass is 202 g/mol. The number of hydrogen-bond acceptors (Lipinski definition) is 0. The smallest absolute Gasteiger partial charge is 0.130 e. The molecule has 0 spiro atoms. The third kappa shape index (κ3) is 105. The molecule has 0 bridgehead atoms. The molecule has 0 nitrogen and oxygen atoms in total. The summed E-state index contributed by atoms with van der Waals surface area (Å²) in [5, 5.41) is 0. The van der Waals surface area contributed by atoms with Crippen LogP contribution in [0.2, 0.25) is 0 Å². The zero-order valence-corrected chi connectivity index (χ0v) is 7.17. The van der Waals surface area contributed by atoms with Crippen molar-refractivity contribution >= 4 is 58.0 Å². The first kappa shape index (κ1) is 11.3. The molecule has 7 heavy (non-hydrogen) atoms. The molecule has 5 heteroatoms. The number of rotatable bonds is 0.